The van der Waals surface area contributed by atoms with Crippen LogP contribution in [0.5, 0.6) is 0 Å². The Bertz CT molecular complexity index is 1070. The molecule has 1 saturated heterocycles. The summed E-state index contributed by atoms with van der Waals surface area (Å²) < 4.78 is 20.0. The van der Waals surface area contributed by atoms with Crippen molar-refractivity contribution in [2.45, 2.75) is 18.8 Å². The van der Waals surface area contributed by atoms with E-state index in [-0.39, 0.29) is 11.5 Å². The standard InChI is InChI=1S/C20H18FN3O4/c21-15-9-12(1-3-14(15)18(22)25)13-2-4-16-17(10-13)28-19(23-16)11-5-7-24(8-6-11)20(26)27/h1-4,9-11H,5-8H2,(H2,22,25)(H,26,27). The van der Waals surface area contributed by atoms with Crippen molar-refractivity contribution in [2.75, 3.05) is 13.1 Å². The van der Waals surface area contributed by atoms with Gasteiger partial charge in [-0.2, -0.15) is 0 Å². The first-order valence-electron chi connectivity index (χ1n) is 8.90. The van der Waals surface area contributed by atoms with E-state index in [1.54, 1.807) is 24.3 Å². The number of fused-ring (bicyclic) bond motifs is 1. The summed E-state index contributed by atoms with van der Waals surface area (Å²) in [6.45, 7) is 0.908. The maximum atomic E-state index is 14.1. The normalized spacial score (nSPS) is 15.1. The number of aromatic nitrogens is 1. The number of hydrogen-bond acceptors (Lipinski definition) is 4. The van der Waals surface area contributed by atoms with Gasteiger partial charge in [-0.15, -0.1) is 0 Å². The molecule has 1 aliphatic rings. The van der Waals surface area contributed by atoms with Gasteiger partial charge in [0.1, 0.15) is 11.3 Å². The summed E-state index contributed by atoms with van der Waals surface area (Å²) in [4.78, 5) is 28.1. The molecule has 144 valence electrons. The van der Waals surface area contributed by atoms with Gasteiger partial charge in [0, 0.05) is 19.0 Å². The molecule has 0 unspecified atom stereocenters. The second kappa shape index (κ2) is 6.95. The Labute approximate surface area is 159 Å². The van der Waals surface area contributed by atoms with Gasteiger partial charge in [-0.25, -0.2) is 14.2 Å². The summed E-state index contributed by atoms with van der Waals surface area (Å²) in [7, 11) is 0. The van der Waals surface area contributed by atoms with E-state index in [0.29, 0.717) is 48.5 Å². The van der Waals surface area contributed by atoms with Gasteiger partial charge in [0.05, 0.1) is 5.56 Å². The number of nitrogens with two attached hydrogens (primary N) is 1. The number of halogens is 1. The minimum Gasteiger partial charge on any atom is -0.465 e. The predicted molar refractivity (Wildman–Crippen MR) is 99.5 cm³/mol. The van der Waals surface area contributed by atoms with Gasteiger partial charge in [-0.3, -0.25) is 4.79 Å². The van der Waals surface area contributed by atoms with Gasteiger partial charge in [0.15, 0.2) is 11.5 Å². The van der Waals surface area contributed by atoms with Crippen molar-refractivity contribution in [2.24, 2.45) is 5.73 Å². The molecule has 2 heterocycles. The number of likely N-dealkylation sites (tertiary alicyclic amines) is 1. The molecule has 1 fully saturated rings. The van der Waals surface area contributed by atoms with E-state index in [1.807, 2.05) is 0 Å². The van der Waals surface area contributed by atoms with Gasteiger partial charge >= 0.3 is 6.09 Å². The number of hydrogen-bond donors (Lipinski definition) is 2. The molecule has 0 saturated carbocycles. The molecule has 1 aliphatic heterocycles. The molecule has 0 atom stereocenters. The molecule has 8 heteroatoms. The molecule has 4 rings (SSSR count). The van der Waals surface area contributed by atoms with E-state index in [4.69, 9.17) is 15.3 Å². The number of oxazole rings is 1. The van der Waals surface area contributed by atoms with Crippen molar-refractivity contribution in [3.05, 3.63) is 53.7 Å². The quantitative estimate of drug-likeness (QED) is 0.718. The first-order chi connectivity index (χ1) is 13.4. The maximum Gasteiger partial charge on any atom is 0.407 e. The maximum absolute atomic E-state index is 14.1. The molecule has 0 spiro atoms. The minimum atomic E-state index is -0.907. The zero-order valence-electron chi connectivity index (χ0n) is 14.9. The minimum absolute atomic E-state index is 0.0683. The molecule has 28 heavy (non-hydrogen) atoms. The topological polar surface area (TPSA) is 110 Å². The summed E-state index contributed by atoms with van der Waals surface area (Å²) in [6, 6.07) is 9.63. The fourth-order valence-corrected chi connectivity index (χ4v) is 3.51. The summed E-state index contributed by atoms with van der Waals surface area (Å²) in [5, 5.41) is 9.05. The van der Waals surface area contributed by atoms with Crippen LogP contribution < -0.4 is 5.73 Å². The third kappa shape index (κ3) is 3.28. The molecule has 7 nitrogen and oxygen atoms in total. The number of carbonyl (C=O) groups is 2. The highest BCUT2D eigenvalue weighted by Gasteiger charge is 2.26. The largest absolute Gasteiger partial charge is 0.465 e. The third-order valence-electron chi connectivity index (χ3n) is 5.09. The van der Waals surface area contributed by atoms with Crippen LogP contribution in [0.4, 0.5) is 9.18 Å². The lowest BCUT2D eigenvalue weighted by Crippen LogP contribution is -2.36. The van der Waals surface area contributed by atoms with Gasteiger partial charge < -0.3 is 20.2 Å². The Hall–Kier alpha value is -3.42. The Morgan fingerprint density at radius 2 is 1.82 bits per heavy atom. The highest BCUT2D eigenvalue weighted by atomic mass is 19.1. The van der Waals surface area contributed by atoms with Crippen LogP contribution in [-0.2, 0) is 0 Å². The van der Waals surface area contributed by atoms with Gasteiger partial charge in [-0.05, 0) is 48.2 Å². The van der Waals surface area contributed by atoms with E-state index in [9.17, 15) is 14.0 Å². The zero-order valence-corrected chi connectivity index (χ0v) is 14.9. The Kier molecular flexibility index (Phi) is 4.46. The molecule has 0 bridgehead atoms. The number of carbonyl (C=O) groups excluding carboxylic acids is 1. The first kappa shape index (κ1) is 18.0. The molecule has 0 aliphatic carbocycles. The number of piperidine rings is 1. The lowest BCUT2D eigenvalue weighted by molar-refractivity contribution is 0.0996. The second-order valence-corrected chi connectivity index (χ2v) is 6.84. The second-order valence-electron chi connectivity index (χ2n) is 6.84. The van der Waals surface area contributed by atoms with Crippen molar-refractivity contribution in [1.29, 1.82) is 0 Å². The average molecular weight is 383 g/mol. The van der Waals surface area contributed by atoms with Crippen LogP contribution in [0.3, 0.4) is 0 Å². The van der Waals surface area contributed by atoms with Crippen LogP contribution in [0.1, 0.15) is 35.0 Å². The zero-order chi connectivity index (χ0) is 19.8. The fourth-order valence-electron chi connectivity index (χ4n) is 3.51. The monoisotopic (exact) mass is 383 g/mol. The number of nitrogens with zero attached hydrogens (tertiary/aromatic N) is 2. The summed E-state index contributed by atoms with van der Waals surface area (Å²) in [5.41, 5.74) is 7.57. The molecule has 3 N–H and O–H groups in total. The van der Waals surface area contributed by atoms with Crippen molar-refractivity contribution in [3.8, 4) is 11.1 Å². The smallest absolute Gasteiger partial charge is 0.407 e. The summed E-state index contributed by atoms with van der Waals surface area (Å²) in [5.74, 6) is -0.826. The lowest BCUT2D eigenvalue weighted by atomic mass is 9.97. The van der Waals surface area contributed by atoms with Gasteiger partial charge in [-0.1, -0.05) is 12.1 Å². The highest BCUT2D eigenvalue weighted by Crippen LogP contribution is 2.32. The van der Waals surface area contributed by atoms with Crippen LogP contribution >= 0.6 is 0 Å². The fraction of sp³-hybridized carbons (Fsp3) is 0.250. The van der Waals surface area contributed by atoms with Gasteiger partial charge in [0.25, 0.3) is 5.91 Å². The van der Waals surface area contributed by atoms with E-state index >= 15 is 0 Å². The average Bonchev–Trinajstić information content (AvgIpc) is 3.11. The molecule has 2 aromatic carbocycles. The van der Waals surface area contributed by atoms with Crippen LogP contribution in [-0.4, -0.2) is 40.1 Å². The number of primary amides is 1. The molecular formula is C20H18FN3O4. The highest BCUT2D eigenvalue weighted by molar-refractivity contribution is 5.93. The first-order valence-corrected chi connectivity index (χ1v) is 8.90. The SMILES string of the molecule is NC(=O)c1ccc(-c2ccc3nc(C4CCN(C(=O)O)CC4)oc3c2)cc1F. The number of benzene rings is 2. The number of carboxylic acid groups (broad SMARTS) is 1. The van der Waals surface area contributed by atoms with E-state index < -0.39 is 17.8 Å². The third-order valence-corrected chi connectivity index (χ3v) is 5.09. The Balaban J connectivity index is 1.60. The Morgan fingerprint density at radius 3 is 2.46 bits per heavy atom. The molecule has 1 aromatic heterocycles. The summed E-state index contributed by atoms with van der Waals surface area (Å²) in [6.07, 6.45) is 0.410. The van der Waals surface area contributed by atoms with Crippen LogP contribution in [0, 0.1) is 5.82 Å². The van der Waals surface area contributed by atoms with E-state index in [0.717, 1.165) is 5.56 Å². The molecular weight excluding hydrogens is 365 g/mol. The predicted octanol–water partition coefficient (Wildman–Crippen LogP) is 3.59. The van der Waals surface area contributed by atoms with Gasteiger partial charge in [0.2, 0.25) is 0 Å². The number of amides is 2. The summed E-state index contributed by atoms with van der Waals surface area (Å²) >= 11 is 0. The Morgan fingerprint density at radius 1 is 1.14 bits per heavy atom. The number of rotatable bonds is 3. The van der Waals surface area contributed by atoms with Crippen molar-refractivity contribution in [3.63, 3.8) is 0 Å². The van der Waals surface area contributed by atoms with Crippen LogP contribution in [0.25, 0.3) is 22.2 Å². The molecule has 0 radical (unpaired) electrons. The van der Waals surface area contributed by atoms with E-state index in [2.05, 4.69) is 4.98 Å². The molecule has 2 amide bonds. The molecule has 3 aromatic rings. The van der Waals surface area contributed by atoms with E-state index in [1.165, 1.54) is 17.0 Å². The van der Waals surface area contributed by atoms with Crippen LogP contribution in [0.15, 0.2) is 40.8 Å². The van der Waals surface area contributed by atoms with Crippen LogP contribution in [0.2, 0.25) is 0 Å². The lowest BCUT2D eigenvalue weighted by Gasteiger charge is -2.28. The van der Waals surface area contributed by atoms with Crippen molar-refractivity contribution >= 4 is 23.1 Å². The van der Waals surface area contributed by atoms with Crippen molar-refractivity contribution in [1.82, 2.24) is 9.88 Å². The van der Waals surface area contributed by atoms with Crippen molar-refractivity contribution < 1.29 is 23.5 Å².